The second-order valence-corrected chi connectivity index (χ2v) is 5.76. The Labute approximate surface area is 143 Å². The van der Waals surface area contributed by atoms with Crippen LogP contribution in [0.15, 0.2) is 54.7 Å². The number of anilines is 1. The highest BCUT2D eigenvalue weighted by Crippen LogP contribution is 2.24. The van der Waals surface area contributed by atoms with Crippen LogP contribution in [0.1, 0.15) is 31.1 Å². The van der Waals surface area contributed by atoms with Crippen LogP contribution in [-0.2, 0) is 0 Å². The molecular formula is C19H13N3O3. The number of hydrogen-bond donors (Lipinski definition) is 1. The Morgan fingerprint density at radius 2 is 1.76 bits per heavy atom. The van der Waals surface area contributed by atoms with Crippen LogP contribution in [0.4, 0.5) is 5.69 Å². The van der Waals surface area contributed by atoms with E-state index in [1.54, 1.807) is 12.3 Å². The van der Waals surface area contributed by atoms with Crippen molar-refractivity contribution in [2.24, 2.45) is 0 Å². The van der Waals surface area contributed by atoms with Crippen molar-refractivity contribution in [1.82, 2.24) is 9.88 Å². The number of hydrogen-bond acceptors (Lipinski definition) is 4. The fraction of sp³-hybridized carbons (Fsp3) is 0.0526. The van der Waals surface area contributed by atoms with Crippen molar-refractivity contribution >= 4 is 34.3 Å². The summed E-state index contributed by atoms with van der Waals surface area (Å²) in [7, 11) is 1.42. The van der Waals surface area contributed by atoms with Gasteiger partial charge < -0.3 is 5.32 Å². The molecular weight excluding hydrogens is 318 g/mol. The zero-order valence-corrected chi connectivity index (χ0v) is 13.3. The molecule has 0 saturated carbocycles. The molecule has 2 heterocycles. The number of carbonyl (C=O) groups is 3. The minimum absolute atomic E-state index is 0.246. The average Bonchev–Trinajstić information content (AvgIpc) is 2.86. The lowest BCUT2D eigenvalue weighted by Gasteiger charge is -2.08. The van der Waals surface area contributed by atoms with Crippen LogP contribution in [0, 0.1) is 0 Å². The summed E-state index contributed by atoms with van der Waals surface area (Å²) in [5, 5.41) is 3.73. The highest BCUT2D eigenvalue weighted by molar-refractivity contribution is 6.22. The Hall–Kier alpha value is -3.54. The van der Waals surface area contributed by atoms with E-state index in [9.17, 15) is 14.4 Å². The zero-order valence-electron chi connectivity index (χ0n) is 13.3. The van der Waals surface area contributed by atoms with Gasteiger partial charge in [0.15, 0.2) is 0 Å². The molecule has 0 spiro atoms. The number of para-hydroxylation sites is 1. The van der Waals surface area contributed by atoms with E-state index < -0.39 is 5.91 Å². The molecule has 25 heavy (non-hydrogen) atoms. The summed E-state index contributed by atoms with van der Waals surface area (Å²) in [4.78, 5) is 41.9. The molecule has 1 aliphatic heterocycles. The molecule has 6 nitrogen and oxygen atoms in total. The van der Waals surface area contributed by atoms with Gasteiger partial charge in [-0.05, 0) is 30.3 Å². The Morgan fingerprint density at radius 1 is 1.00 bits per heavy atom. The molecule has 4 rings (SSSR count). The number of imide groups is 1. The predicted molar refractivity (Wildman–Crippen MR) is 92.6 cm³/mol. The van der Waals surface area contributed by atoms with Gasteiger partial charge in [0.2, 0.25) is 0 Å². The third-order valence-electron chi connectivity index (χ3n) is 4.23. The first-order valence-electron chi connectivity index (χ1n) is 7.68. The molecule has 1 N–H and O–H groups in total. The largest absolute Gasteiger partial charge is 0.320 e. The van der Waals surface area contributed by atoms with Crippen molar-refractivity contribution in [2.75, 3.05) is 12.4 Å². The first-order chi connectivity index (χ1) is 12.1. The number of pyridine rings is 1. The maximum atomic E-state index is 12.6. The van der Waals surface area contributed by atoms with Crippen LogP contribution in [0.3, 0.4) is 0 Å². The van der Waals surface area contributed by atoms with Crippen LogP contribution in [-0.4, -0.2) is 34.7 Å². The van der Waals surface area contributed by atoms with E-state index >= 15 is 0 Å². The monoisotopic (exact) mass is 331 g/mol. The van der Waals surface area contributed by atoms with Crippen molar-refractivity contribution in [3.63, 3.8) is 0 Å². The van der Waals surface area contributed by atoms with Gasteiger partial charge in [0.25, 0.3) is 17.7 Å². The van der Waals surface area contributed by atoms with Crippen LogP contribution in [0.5, 0.6) is 0 Å². The molecule has 0 radical (unpaired) electrons. The summed E-state index contributed by atoms with van der Waals surface area (Å²) in [5.41, 5.74) is 2.14. The third kappa shape index (κ3) is 2.35. The van der Waals surface area contributed by atoms with Gasteiger partial charge in [0, 0.05) is 24.2 Å². The number of aromatic nitrogens is 1. The number of nitrogens with zero attached hydrogens (tertiary/aromatic N) is 2. The second kappa shape index (κ2) is 5.52. The van der Waals surface area contributed by atoms with Gasteiger partial charge in [-0.15, -0.1) is 0 Å². The quantitative estimate of drug-likeness (QED) is 0.732. The van der Waals surface area contributed by atoms with Gasteiger partial charge >= 0.3 is 0 Å². The molecule has 0 atom stereocenters. The first kappa shape index (κ1) is 15.0. The van der Waals surface area contributed by atoms with Gasteiger partial charge in [0.05, 0.1) is 22.3 Å². The zero-order chi connectivity index (χ0) is 17.6. The molecule has 3 aromatic rings. The van der Waals surface area contributed by atoms with Crippen LogP contribution in [0.25, 0.3) is 10.9 Å². The minimum Gasteiger partial charge on any atom is -0.320 e. The molecule has 0 saturated heterocycles. The van der Waals surface area contributed by atoms with Gasteiger partial charge in [-0.2, -0.15) is 0 Å². The molecule has 0 aliphatic carbocycles. The molecule has 0 unspecified atom stereocenters. The van der Waals surface area contributed by atoms with Gasteiger partial charge in [-0.25, -0.2) is 0 Å². The number of nitrogens with one attached hydrogen (secondary N) is 1. The van der Waals surface area contributed by atoms with Crippen molar-refractivity contribution in [2.45, 2.75) is 0 Å². The Morgan fingerprint density at radius 3 is 2.60 bits per heavy atom. The molecule has 0 bridgehead atoms. The lowest BCUT2D eigenvalue weighted by atomic mass is 10.1. The molecule has 6 heteroatoms. The molecule has 3 amide bonds. The predicted octanol–water partition coefficient (Wildman–Crippen LogP) is 2.71. The van der Waals surface area contributed by atoms with Crippen LogP contribution < -0.4 is 5.32 Å². The fourth-order valence-electron chi connectivity index (χ4n) is 2.90. The van der Waals surface area contributed by atoms with Gasteiger partial charge in [-0.1, -0.05) is 18.2 Å². The van der Waals surface area contributed by atoms with Crippen molar-refractivity contribution < 1.29 is 14.4 Å². The normalized spacial score (nSPS) is 13.2. The molecule has 2 aromatic carbocycles. The molecule has 0 fully saturated rings. The van der Waals surface area contributed by atoms with Crippen molar-refractivity contribution in [3.8, 4) is 0 Å². The number of benzene rings is 2. The van der Waals surface area contributed by atoms with E-state index in [1.807, 2.05) is 24.3 Å². The Bertz CT molecular complexity index is 1050. The molecule has 122 valence electrons. The summed E-state index contributed by atoms with van der Waals surface area (Å²) in [5.74, 6) is -1.12. The molecule has 1 aliphatic rings. The number of rotatable bonds is 2. The summed E-state index contributed by atoms with van der Waals surface area (Å²) in [6.07, 6.45) is 1.66. The maximum Gasteiger partial charge on any atom is 0.261 e. The standard InChI is InChI=1S/C19H13N3O3/c1-22-18(24)13-8-7-12(10-14(13)19(22)25)17(23)21-15-6-2-4-11-5-3-9-20-16(11)15/h2-10H,1H3,(H,21,23). The lowest BCUT2D eigenvalue weighted by molar-refractivity contribution is 0.0693. The first-order valence-corrected chi connectivity index (χ1v) is 7.68. The Kier molecular flexibility index (Phi) is 3.32. The maximum absolute atomic E-state index is 12.6. The second-order valence-electron chi connectivity index (χ2n) is 5.76. The summed E-state index contributed by atoms with van der Waals surface area (Å²) < 4.78 is 0. The average molecular weight is 331 g/mol. The van der Waals surface area contributed by atoms with E-state index in [-0.39, 0.29) is 17.4 Å². The highest BCUT2D eigenvalue weighted by atomic mass is 16.2. The summed E-state index contributed by atoms with van der Waals surface area (Å²) in [6, 6.07) is 13.7. The number of carbonyl (C=O) groups excluding carboxylic acids is 3. The molecule has 1 aromatic heterocycles. The van der Waals surface area contributed by atoms with E-state index in [0.29, 0.717) is 22.3 Å². The van der Waals surface area contributed by atoms with Crippen molar-refractivity contribution in [3.05, 3.63) is 71.4 Å². The number of fused-ring (bicyclic) bond motifs is 2. The van der Waals surface area contributed by atoms with Gasteiger partial charge in [-0.3, -0.25) is 24.3 Å². The smallest absolute Gasteiger partial charge is 0.261 e. The fourth-order valence-corrected chi connectivity index (χ4v) is 2.90. The van der Waals surface area contributed by atoms with Gasteiger partial charge in [0.1, 0.15) is 0 Å². The van der Waals surface area contributed by atoms with E-state index in [2.05, 4.69) is 10.3 Å². The third-order valence-corrected chi connectivity index (χ3v) is 4.23. The highest BCUT2D eigenvalue weighted by Gasteiger charge is 2.33. The van der Waals surface area contributed by atoms with E-state index in [4.69, 9.17) is 0 Å². The van der Waals surface area contributed by atoms with E-state index in [1.165, 1.54) is 25.2 Å². The lowest BCUT2D eigenvalue weighted by Crippen LogP contribution is -2.24. The van der Waals surface area contributed by atoms with Crippen molar-refractivity contribution in [1.29, 1.82) is 0 Å². The topological polar surface area (TPSA) is 79.4 Å². The SMILES string of the molecule is CN1C(=O)c2ccc(C(=O)Nc3cccc4cccnc34)cc2C1=O. The van der Waals surface area contributed by atoms with Crippen LogP contribution >= 0.6 is 0 Å². The van der Waals surface area contributed by atoms with E-state index in [0.717, 1.165) is 10.3 Å². The summed E-state index contributed by atoms with van der Waals surface area (Å²) in [6.45, 7) is 0. The summed E-state index contributed by atoms with van der Waals surface area (Å²) >= 11 is 0. The Balaban J connectivity index is 1.69. The minimum atomic E-state index is -0.401. The number of amides is 3. The van der Waals surface area contributed by atoms with Crippen LogP contribution in [0.2, 0.25) is 0 Å².